The zero-order chi connectivity index (χ0) is 19.3. The normalized spacial score (nSPS) is 18.2. The fourth-order valence-corrected chi connectivity index (χ4v) is 3.99. The van der Waals surface area contributed by atoms with Crippen LogP contribution in [0.1, 0.15) is 42.6 Å². The molecule has 1 aliphatic heterocycles. The van der Waals surface area contributed by atoms with Gasteiger partial charge >= 0.3 is 0 Å². The van der Waals surface area contributed by atoms with Crippen molar-refractivity contribution in [1.82, 2.24) is 15.3 Å². The Balaban J connectivity index is 1.33. The number of benzene rings is 1. The highest BCUT2D eigenvalue weighted by Gasteiger charge is 2.21. The molecule has 1 saturated carbocycles. The number of amides is 1. The minimum atomic E-state index is -0.191. The molecule has 0 radical (unpaired) electrons. The Bertz CT molecular complexity index is 799. The zero-order valence-corrected chi connectivity index (χ0v) is 16.0. The maximum Gasteiger partial charge on any atom is 0.271 e. The number of halogens is 1. The van der Waals surface area contributed by atoms with Crippen molar-refractivity contribution in [2.45, 2.75) is 38.1 Å². The number of carbonyl (C=O) groups is 1. The average molecular weight is 383 g/mol. The van der Waals surface area contributed by atoms with E-state index in [1.165, 1.54) is 25.3 Å². The van der Waals surface area contributed by atoms with Crippen molar-refractivity contribution in [2.24, 2.45) is 0 Å². The fraction of sp³-hybridized carbons (Fsp3) is 0.476. The number of hydrogen-bond donors (Lipinski definition) is 1. The van der Waals surface area contributed by atoms with Crippen LogP contribution in [-0.4, -0.2) is 48.1 Å². The molecule has 4 rings (SSSR count). The second-order valence-corrected chi connectivity index (χ2v) is 7.49. The molecular formula is C21H26FN5O. The number of nitrogens with zero attached hydrogens (tertiary/aromatic N) is 4. The fourth-order valence-electron chi connectivity index (χ4n) is 3.99. The Morgan fingerprint density at radius 2 is 1.68 bits per heavy atom. The highest BCUT2D eigenvalue weighted by Crippen LogP contribution is 2.22. The molecule has 2 heterocycles. The Morgan fingerprint density at radius 1 is 0.964 bits per heavy atom. The molecule has 0 bridgehead atoms. The van der Waals surface area contributed by atoms with Crippen molar-refractivity contribution < 1.29 is 9.18 Å². The van der Waals surface area contributed by atoms with Gasteiger partial charge in [-0.15, -0.1) is 0 Å². The number of piperazine rings is 1. The molecule has 148 valence electrons. The van der Waals surface area contributed by atoms with Crippen molar-refractivity contribution in [2.75, 3.05) is 36.0 Å². The quantitative estimate of drug-likeness (QED) is 0.879. The molecule has 1 aromatic carbocycles. The number of aromatic nitrogens is 2. The van der Waals surface area contributed by atoms with Crippen LogP contribution in [0.2, 0.25) is 0 Å². The molecule has 0 spiro atoms. The molecule has 6 nitrogen and oxygen atoms in total. The minimum Gasteiger partial charge on any atom is -0.366 e. The Labute approximate surface area is 164 Å². The van der Waals surface area contributed by atoms with Crippen LogP contribution in [0, 0.1) is 5.82 Å². The van der Waals surface area contributed by atoms with Crippen molar-refractivity contribution >= 4 is 17.4 Å². The van der Waals surface area contributed by atoms with Crippen LogP contribution in [-0.2, 0) is 0 Å². The summed E-state index contributed by atoms with van der Waals surface area (Å²) in [5, 5.41) is 3.07. The van der Waals surface area contributed by atoms with Gasteiger partial charge in [0.25, 0.3) is 5.91 Å². The maximum absolute atomic E-state index is 14.0. The summed E-state index contributed by atoms with van der Waals surface area (Å²) in [7, 11) is 0. The molecule has 28 heavy (non-hydrogen) atoms. The van der Waals surface area contributed by atoms with Crippen LogP contribution in [0.25, 0.3) is 0 Å². The molecule has 1 N–H and O–H groups in total. The molecule has 1 saturated heterocycles. The highest BCUT2D eigenvalue weighted by atomic mass is 19.1. The summed E-state index contributed by atoms with van der Waals surface area (Å²) in [5.41, 5.74) is 1.00. The van der Waals surface area contributed by atoms with E-state index in [9.17, 15) is 9.18 Å². The molecular weight excluding hydrogens is 357 g/mol. The Kier molecular flexibility index (Phi) is 5.69. The molecule has 7 heteroatoms. The van der Waals surface area contributed by atoms with Gasteiger partial charge < -0.3 is 15.1 Å². The van der Waals surface area contributed by atoms with Gasteiger partial charge in [0.1, 0.15) is 17.3 Å². The lowest BCUT2D eigenvalue weighted by atomic mass is 9.95. The van der Waals surface area contributed by atoms with Gasteiger partial charge in [-0.3, -0.25) is 4.79 Å². The molecule has 0 atom stereocenters. The van der Waals surface area contributed by atoms with Gasteiger partial charge in [-0.1, -0.05) is 31.4 Å². The summed E-state index contributed by atoms with van der Waals surface area (Å²) in [6, 6.07) is 7.12. The van der Waals surface area contributed by atoms with E-state index >= 15 is 0 Å². The van der Waals surface area contributed by atoms with E-state index in [1.807, 2.05) is 17.0 Å². The van der Waals surface area contributed by atoms with E-state index in [1.54, 1.807) is 18.5 Å². The van der Waals surface area contributed by atoms with Crippen LogP contribution < -0.4 is 15.1 Å². The van der Waals surface area contributed by atoms with Gasteiger partial charge in [0.05, 0.1) is 18.1 Å². The van der Waals surface area contributed by atoms with Crippen LogP contribution in [0.5, 0.6) is 0 Å². The number of anilines is 2. The molecule has 1 aliphatic carbocycles. The van der Waals surface area contributed by atoms with E-state index in [2.05, 4.69) is 20.2 Å². The summed E-state index contributed by atoms with van der Waals surface area (Å²) < 4.78 is 14.0. The topological polar surface area (TPSA) is 61.4 Å². The van der Waals surface area contributed by atoms with Crippen LogP contribution in [0.15, 0.2) is 36.7 Å². The number of hydrogen-bond acceptors (Lipinski definition) is 5. The van der Waals surface area contributed by atoms with E-state index in [4.69, 9.17) is 0 Å². The predicted molar refractivity (Wildman–Crippen MR) is 107 cm³/mol. The first-order chi connectivity index (χ1) is 13.7. The van der Waals surface area contributed by atoms with E-state index < -0.39 is 0 Å². The molecule has 1 aromatic heterocycles. The Morgan fingerprint density at radius 3 is 2.36 bits per heavy atom. The van der Waals surface area contributed by atoms with Crippen molar-refractivity contribution in [3.8, 4) is 0 Å². The number of rotatable bonds is 4. The molecule has 2 aliphatic rings. The molecule has 2 fully saturated rings. The lowest BCUT2D eigenvalue weighted by Crippen LogP contribution is -2.47. The standard InChI is InChI=1S/C21H26FN5O/c22-17-8-4-5-9-19(17)26-10-12-27(13-11-26)20-15-23-18(14-24-20)21(28)25-16-6-2-1-3-7-16/h4-5,8-9,14-16H,1-3,6-7,10-13H2,(H,25,28). The maximum atomic E-state index is 14.0. The minimum absolute atomic E-state index is 0.143. The van der Waals surface area contributed by atoms with Crippen LogP contribution >= 0.6 is 0 Å². The van der Waals surface area contributed by atoms with Gasteiger partial charge in [0.2, 0.25) is 0 Å². The number of nitrogens with one attached hydrogen (secondary N) is 1. The van der Waals surface area contributed by atoms with E-state index in [0.29, 0.717) is 24.5 Å². The summed E-state index contributed by atoms with van der Waals surface area (Å²) >= 11 is 0. The largest absolute Gasteiger partial charge is 0.366 e. The van der Waals surface area contributed by atoms with Crippen LogP contribution in [0.3, 0.4) is 0 Å². The average Bonchev–Trinajstić information content (AvgIpc) is 2.75. The first-order valence-electron chi connectivity index (χ1n) is 10.1. The van der Waals surface area contributed by atoms with E-state index in [-0.39, 0.29) is 17.8 Å². The van der Waals surface area contributed by atoms with Crippen molar-refractivity contribution in [1.29, 1.82) is 0 Å². The molecule has 1 amide bonds. The molecule has 2 aromatic rings. The number of para-hydroxylation sites is 1. The third kappa shape index (κ3) is 4.24. The van der Waals surface area contributed by atoms with Gasteiger partial charge in [0.15, 0.2) is 0 Å². The van der Waals surface area contributed by atoms with Crippen molar-refractivity contribution in [3.05, 3.63) is 48.2 Å². The summed E-state index contributed by atoms with van der Waals surface area (Å²) in [4.78, 5) is 25.3. The Hall–Kier alpha value is -2.70. The smallest absolute Gasteiger partial charge is 0.271 e. The van der Waals surface area contributed by atoms with Gasteiger partial charge in [-0.05, 0) is 25.0 Å². The van der Waals surface area contributed by atoms with Gasteiger partial charge in [0, 0.05) is 32.2 Å². The first-order valence-corrected chi connectivity index (χ1v) is 10.1. The zero-order valence-electron chi connectivity index (χ0n) is 16.0. The highest BCUT2D eigenvalue weighted by molar-refractivity contribution is 5.92. The van der Waals surface area contributed by atoms with E-state index in [0.717, 1.165) is 31.7 Å². The molecule has 0 unspecified atom stereocenters. The third-order valence-electron chi connectivity index (χ3n) is 5.61. The monoisotopic (exact) mass is 383 g/mol. The predicted octanol–water partition coefficient (Wildman–Crippen LogP) is 3.00. The van der Waals surface area contributed by atoms with Crippen molar-refractivity contribution in [3.63, 3.8) is 0 Å². The second kappa shape index (κ2) is 8.54. The van der Waals surface area contributed by atoms with Crippen LogP contribution in [0.4, 0.5) is 15.9 Å². The first kappa shape index (κ1) is 18.7. The summed E-state index contributed by atoms with van der Waals surface area (Å²) in [6.45, 7) is 2.90. The van der Waals surface area contributed by atoms with Gasteiger partial charge in [-0.25, -0.2) is 14.4 Å². The lowest BCUT2D eigenvalue weighted by Gasteiger charge is -2.36. The second-order valence-electron chi connectivity index (χ2n) is 7.49. The third-order valence-corrected chi connectivity index (χ3v) is 5.61. The summed E-state index contributed by atoms with van der Waals surface area (Å²) in [5.74, 6) is 0.418. The SMILES string of the molecule is O=C(NC1CCCCC1)c1cnc(N2CCN(c3ccccc3F)CC2)cn1. The lowest BCUT2D eigenvalue weighted by molar-refractivity contribution is 0.0922. The van der Waals surface area contributed by atoms with Gasteiger partial charge in [-0.2, -0.15) is 0 Å². The summed E-state index contributed by atoms with van der Waals surface area (Å²) in [6.07, 6.45) is 8.91. The number of carbonyl (C=O) groups excluding carboxylic acids is 1.